The third kappa shape index (κ3) is 6.29. The number of pyridine rings is 1. The van der Waals surface area contributed by atoms with E-state index in [4.69, 9.17) is 14.2 Å². The smallest absolute Gasteiger partial charge is 0.409 e. The average Bonchev–Trinajstić information content (AvgIpc) is 3.34. The number of carboxylic acid groups (broad SMARTS) is 1. The van der Waals surface area contributed by atoms with Crippen LogP contribution in [0.4, 0.5) is 10.5 Å². The molecule has 3 aromatic rings. The number of methoxy groups -OCH3 is 1. The molecule has 0 saturated carbocycles. The van der Waals surface area contributed by atoms with Crippen LogP contribution in [0.5, 0.6) is 17.4 Å². The van der Waals surface area contributed by atoms with Gasteiger partial charge in [0.1, 0.15) is 17.6 Å². The van der Waals surface area contributed by atoms with Crippen molar-refractivity contribution in [3.05, 3.63) is 78.0 Å². The molecular formula is C26H25N3O7. The molecule has 0 aliphatic carbocycles. The standard InChI is InChI=1S/C26H25N3O7/c1-34-26(33)29-13-12-20(16-29)35-18-7-9-19(10-8-18)36-24-11-6-17(15-27-24)14-23(30)28-22-5-3-2-4-21(22)25(31)32/h2-11,15,20H,12-14,16H2,1H3,(H,28,30)(H,31,32). The predicted molar refractivity (Wildman–Crippen MR) is 129 cm³/mol. The second kappa shape index (κ2) is 11.2. The van der Waals surface area contributed by atoms with Crippen molar-refractivity contribution >= 4 is 23.7 Å². The van der Waals surface area contributed by atoms with Crippen LogP contribution in [0.15, 0.2) is 66.9 Å². The molecule has 4 rings (SSSR count). The number of hydrogen-bond acceptors (Lipinski definition) is 7. The van der Waals surface area contributed by atoms with Crippen LogP contribution in [-0.2, 0) is 16.0 Å². The Hall–Kier alpha value is -4.60. The van der Waals surface area contributed by atoms with Crippen LogP contribution in [0.2, 0.25) is 0 Å². The minimum atomic E-state index is -1.11. The van der Waals surface area contributed by atoms with Crippen LogP contribution < -0.4 is 14.8 Å². The molecule has 36 heavy (non-hydrogen) atoms. The van der Waals surface area contributed by atoms with Crippen molar-refractivity contribution in [3.63, 3.8) is 0 Å². The topological polar surface area (TPSA) is 127 Å². The molecule has 10 nitrogen and oxygen atoms in total. The molecule has 0 spiro atoms. The Kier molecular flexibility index (Phi) is 7.64. The van der Waals surface area contributed by atoms with Gasteiger partial charge < -0.3 is 29.5 Å². The second-order valence-electron chi connectivity index (χ2n) is 8.10. The summed E-state index contributed by atoms with van der Waals surface area (Å²) >= 11 is 0. The highest BCUT2D eigenvalue weighted by molar-refractivity contribution is 6.00. The molecule has 186 valence electrons. The number of anilines is 1. The Bertz CT molecular complexity index is 1230. The number of carbonyl (C=O) groups is 3. The number of benzene rings is 2. The lowest BCUT2D eigenvalue weighted by Gasteiger charge is -2.16. The highest BCUT2D eigenvalue weighted by atomic mass is 16.5. The van der Waals surface area contributed by atoms with Gasteiger partial charge in [0.25, 0.3) is 0 Å². The van der Waals surface area contributed by atoms with E-state index >= 15 is 0 Å². The molecule has 1 aliphatic heterocycles. The fourth-order valence-electron chi connectivity index (χ4n) is 3.75. The number of carbonyl (C=O) groups excluding carboxylic acids is 2. The summed E-state index contributed by atoms with van der Waals surface area (Å²) in [6, 6.07) is 16.7. The molecule has 1 fully saturated rings. The van der Waals surface area contributed by atoms with Crippen molar-refractivity contribution < 1.29 is 33.7 Å². The van der Waals surface area contributed by atoms with Gasteiger partial charge in [-0.25, -0.2) is 14.6 Å². The Labute approximate surface area is 207 Å². The first-order chi connectivity index (χ1) is 17.4. The van der Waals surface area contributed by atoms with Gasteiger partial charge in [-0.15, -0.1) is 0 Å². The van der Waals surface area contributed by atoms with Crippen LogP contribution in [0, 0.1) is 0 Å². The highest BCUT2D eigenvalue weighted by Crippen LogP contribution is 2.25. The minimum Gasteiger partial charge on any atom is -0.489 e. The zero-order valence-electron chi connectivity index (χ0n) is 19.5. The zero-order chi connectivity index (χ0) is 25.5. The molecule has 2 amide bonds. The number of ether oxygens (including phenoxy) is 3. The van der Waals surface area contributed by atoms with Gasteiger partial charge in [-0.1, -0.05) is 18.2 Å². The summed E-state index contributed by atoms with van der Waals surface area (Å²) in [5.41, 5.74) is 0.911. The van der Waals surface area contributed by atoms with E-state index in [2.05, 4.69) is 10.3 Å². The van der Waals surface area contributed by atoms with Crippen LogP contribution >= 0.6 is 0 Å². The largest absolute Gasteiger partial charge is 0.489 e. The van der Waals surface area contributed by atoms with E-state index in [1.165, 1.54) is 25.4 Å². The molecule has 1 saturated heterocycles. The van der Waals surface area contributed by atoms with Gasteiger partial charge in [-0.2, -0.15) is 0 Å². The fraction of sp³-hybridized carbons (Fsp3) is 0.231. The molecule has 0 radical (unpaired) electrons. The van der Waals surface area contributed by atoms with Crippen molar-refractivity contribution in [1.29, 1.82) is 0 Å². The third-order valence-electron chi connectivity index (χ3n) is 5.52. The predicted octanol–water partition coefficient (Wildman–Crippen LogP) is 3.97. The van der Waals surface area contributed by atoms with Crippen molar-refractivity contribution in [2.24, 2.45) is 0 Å². The van der Waals surface area contributed by atoms with E-state index < -0.39 is 5.97 Å². The maximum atomic E-state index is 12.4. The number of nitrogens with one attached hydrogen (secondary N) is 1. The summed E-state index contributed by atoms with van der Waals surface area (Å²) in [5, 5.41) is 11.9. The third-order valence-corrected chi connectivity index (χ3v) is 5.52. The second-order valence-corrected chi connectivity index (χ2v) is 8.10. The molecule has 1 aliphatic rings. The molecule has 2 heterocycles. The summed E-state index contributed by atoms with van der Waals surface area (Å²) in [7, 11) is 1.36. The summed E-state index contributed by atoms with van der Waals surface area (Å²) in [4.78, 5) is 41.1. The molecule has 2 aromatic carbocycles. The van der Waals surface area contributed by atoms with Gasteiger partial charge in [0, 0.05) is 25.2 Å². The minimum absolute atomic E-state index is 0.0237. The Morgan fingerprint density at radius 2 is 1.81 bits per heavy atom. The van der Waals surface area contributed by atoms with Crippen LogP contribution in [0.1, 0.15) is 22.3 Å². The average molecular weight is 492 g/mol. The molecule has 10 heteroatoms. The van der Waals surface area contributed by atoms with Gasteiger partial charge >= 0.3 is 12.1 Å². The summed E-state index contributed by atoms with van der Waals surface area (Å²) in [6.07, 6.45) is 1.84. The quantitative estimate of drug-likeness (QED) is 0.485. The maximum Gasteiger partial charge on any atom is 0.409 e. The van der Waals surface area contributed by atoms with Crippen LogP contribution in [0.3, 0.4) is 0 Å². The number of hydrogen-bond donors (Lipinski definition) is 2. The number of carboxylic acids is 1. The normalized spacial score (nSPS) is 14.7. The number of likely N-dealkylation sites (tertiary alicyclic amines) is 1. The summed E-state index contributed by atoms with van der Waals surface area (Å²) < 4.78 is 16.4. The van der Waals surface area contributed by atoms with E-state index in [0.717, 1.165) is 6.42 Å². The van der Waals surface area contributed by atoms with Gasteiger partial charge in [0.05, 0.1) is 31.3 Å². The number of aromatic nitrogens is 1. The molecule has 1 unspecified atom stereocenters. The van der Waals surface area contributed by atoms with Crippen molar-refractivity contribution in [2.75, 3.05) is 25.5 Å². The number of rotatable bonds is 8. The fourth-order valence-corrected chi connectivity index (χ4v) is 3.75. The van der Waals surface area contributed by atoms with Gasteiger partial charge in [0.2, 0.25) is 11.8 Å². The Balaban J connectivity index is 1.28. The van der Waals surface area contributed by atoms with E-state index in [-0.39, 0.29) is 35.8 Å². The molecule has 0 bridgehead atoms. The number of amides is 2. The van der Waals surface area contributed by atoms with Gasteiger partial charge in [-0.3, -0.25) is 4.79 Å². The van der Waals surface area contributed by atoms with Crippen LogP contribution in [-0.4, -0.2) is 59.3 Å². The zero-order valence-corrected chi connectivity index (χ0v) is 19.5. The Morgan fingerprint density at radius 1 is 1.06 bits per heavy atom. The van der Waals surface area contributed by atoms with E-state index in [1.54, 1.807) is 53.4 Å². The number of para-hydroxylation sites is 1. The molecule has 1 atom stereocenters. The van der Waals surface area contributed by atoms with Crippen molar-refractivity contribution in [2.45, 2.75) is 18.9 Å². The first-order valence-electron chi connectivity index (χ1n) is 11.3. The van der Waals surface area contributed by atoms with Crippen molar-refractivity contribution in [1.82, 2.24) is 9.88 Å². The van der Waals surface area contributed by atoms with E-state index in [1.807, 2.05) is 0 Å². The lowest BCUT2D eigenvalue weighted by atomic mass is 10.1. The lowest BCUT2D eigenvalue weighted by Crippen LogP contribution is -2.30. The summed E-state index contributed by atoms with van der Waals surface area (Å²) in [6.45, 7) is 1.07. The number of nitrogens with zero attached hydrogens (tertiary/aromatic N) is 2. The number of aromatic carboxylic acids is 1. The highest BCUT2D eigenvalue weighted by Gasteiger charge is 2.28. The molecule has 2 N–H and O–H groups in total. The van der Waals surface area contributed by atoms with E-state index in [9.17, 15) is 19.5 Å². The first kappa shape index (κ1) is 24.5. The molecule has 1 aromatic heterocycles. The van der Waals surface area contributed by atoms with E-state index in [0.29, 0.717) is 36.0 Å². The van der Waals surface area contributed by atoms with Crippen LogP contribution in [0.25, 0.3) is 0 Å². The first-order valence-corrected chi connectivity index (χ1v) is 11.3. The Morgan fingerprint density at radius 3 is 2.50 bits per heavy atom. The summed E-state index contributed by atoms with van der Waals surface area (Å²) in [5.74, 6) is 0.115. The lowest BCUT2D eigenvalue weighted by molar-refractivity contribution is -0.115. The maximum absolute atomic E-state index is 12.4. The SMILES string of the molecule is COC(=O)N1CCC(Oc2ccc(Oc3ccc(CC(=O)Nc4ccccc4C(=O)O)cn3)cc2)C1. The molecular weight excluding hydrogens is 466 g/mol. The van der Waals surface area contributed by atoms with Crippen molar-refractivity contribution in [3.8, 4) is 17.4 Å². The van der Waals surface area contributed by atoms with Gasteiger partial charge in [0.15, 0.2) is 0 Å². The van der Waals surface area contributed by atoms with Gasteiger partial charge in [-0.05, 0) is 42.0 Å². The monoisotopic (exact) mass is 491 g/mol.